The smallest absolute Gasteiger partial charge is 0.261 e. The van der Waals surface area contributed by atoms with Crippen LogP contribution in [0.3, 0.4) is 0 Å². The van der Waals surface area contributed by atoms with Gasteiger partial charge in [-0.15, -0.1) is 0 Å². The molecule has 0 radical (unpaired) electrons. The Balaban J connectivity index is 1.44. The van der Waals surface area contributed by atoms with E-state index in [0.29, 0.717) is 47.1 Å². The number of anilines is 1. The van der Waals surface area contributed by atoms with E-state index in [9.17, 15) is 18.0 Å². The predicted octanol–water partition coefficient (Wildman–Crippen LogP) is 1.71. The second-order valence-electron chi connectivity index (χ2n) is 7.98. The minimum atomic E-state index is -2.44. The molecular formula is C22H23Cl2N5O4S. The van der Waals surface area contributed by atoms with Crippen molar-refractivity contribution in [2.75, 3.05) is 37.0 Å². The fourth-order valence-corrected chi connectivity index (χ4v) is 4.76. The molecule has 1 amide bonds. The van der Waals surface area contributed by atoms with Gasteiger partial charge in [-0.1, -0.05) is 29.3 Å². The van der Waals surface area contributed by atoms with Crippen LogP contribution in [-0.2, 0) is 28.6 Å². The number of rotatable bonds is 7. The highest BCUT2D eigenvalue weighted by atomic mass is 35.5. The van der Waals surface area contributed by atoms with Crippen LogP contribution in [-0.4, -0.2) is 60.8 Å². The first-order chi connectivity index (χ1) is 16.3. The molecule has 9 nitrogen and oxygen atoms in total. The summed E-state index contributed by atoms with van der Waals surface area (Å²) in [4.78, 5) is 33.8. The molecule has 1 aliphatic rings. The Bertz CT molecular complexity index is 1340. The minimum absolute atomic E-state index is 0.0582. The van der Waals surface area contributed by atoms with Crippen LogP contribution in [0.1, 0.15) is 5.56 Å². The number of piperazine rings is 1. The molecule has 0 spiro atoms. The van der Waals surface area contributed by atoms with E-state index in [1.165, 1.54) is 10.9 Å². The van der Waals surface area contributed by atoms with Crippen LogP contribution >= 0.6 is 23.2 Å². The average molecular weight is 524 g/mol. The lowest BCUT2D eigenvalue weighted by Gasteiger charge is -2.35. The molecule has 12 heteroatoms. The average Bonchev–Trinajstić information content (AvgIpc) is 2.82. The highest BCUT2D eigenvalue weighted by Gasteiger charge is 2.18. The summed E-state index contributed by atoms with van der Waals surface area (Å²) in [6.07, 6.45) is 1.37. The Hall–Kier alpha value is -2.66. The molecule has 4 rings (SSSR count). The van der Waals surface area contributed by atoms with Gasteiger partial charge in [0.1, 0.15) is 6.54 Å². The summed E-state index contributed by atoms with van der Waals surface area (Å²) in [5.41, 5.74) is 1.89. The standard InChI is InChI=1S/C22H23Cl2N5O4S/c23-18-3-1-15(9-19(18)24)11-25-21(30)12-29-13-26-20-4-2-16(10-17(20)22(29)31)28-7-5-27(6-8-28)14-34(32)33/h1-4,9-10,13,34H,5-8,11-12,14H2,(H,25,30). The van der Waals surface area contributed by atoms with Gasteiger partial charge >= 0.3 is 0 Å². The molecule has 0 bridgehead atoms. The fourth-order valence-electron chi connectivity index (χ4n) is 3.83. The van der Waals surface area contributed by atoms with Crippen molar-refractivity contribution in [2.45, 2.75) is 13.1 Å². The molecule has 0 saturated carbocycles. The molecule has 0 aliphatic carbocycles. The summed E-state index contributed by atoms with van der Waals surface area (Å²) in [5, 5.41) is 4.02. The first-order valence-electron chi connectivity index (χ1n) is 10.6. The number of thiol groups is 1. The molecule has 1 fully saturated rings. The number of amides is 1. The number of carbonyl (C=O) groups excluding carboxylic acids is 1. The van der Waals surface area contributed by atoms with Crippen LogP contribution in [0.2, 0.25) is 10.0 Å². The molecule has 180 valence electrons. The summed E-state index contributed by atoms with van der Waals surface area (Å²) in [5.74, 6) is -0.277. The van der Waals surface area contributed by atoms with Crippen molar-refractivity contribution < 1.29 is 13.2 Å². The molecular weight excluding hydrogens is 501 g/mol. The van der Waals surface area contributed by atoms with Crippen LogP contribution in [0.25, 0.3) is 10.9 Å². The normalized spacial score (nSPS) is 14.6. The van der Waals surface area contributed by atoms with Crippen molar-refractivity contribution >= 4 is 56.4 Å². The molecule has 1 N–H and O–H groups in total. The molecule has 2 aromatic carbocycles. The third-order valence-corrected chi connectivity index (χ3v) is 7.02. The Morgan fingerprint density at radius 2 is 1.79 bits per heavy atom. The van der Waals surface area contributed by atoms with E-state index >= 15 is 0 Å². The number of benzene rings is 2. The molecule has 0 atom stereocenters. The van der Waals surface area contributed by atoms with Gasteiger partial charge in [-0.25, -0.2) is 13.4 Å². The van der Waals surface area contributed by atoms with Gasteiger partial charge in [0.2, 0.25) is 5.91 Å². The Morgan fingerprint density at radius 1 is 1.03 bits per heavy atom. The molecule has 1 aliphatic heterocycles. The number of fused-ring (bicyclic) bond motifs is 1. The van der Waals surface area contributed by atoms with Crippen LogP contribution in [0.4, 0.5) is 5.69 Å². The summed E-state index contributed by atoms with van der Waals surface area (Å²) in [6, 6.07) is 10.6. The lowest BCUT2D eigenvalue weighted by atomic mass is 10.2. The topological polar surface area (TPSA) is 105 Å². The molecule has 2 heterocycles. The molecule has 3 aromatic rings. The van der Waals surface area contributed by atoms with E-state index in [0.717, 1.165) is 11.3 Å². The number of carbonyl (C=O) groups is 1. The molecule has 1 saturated heterocycles. The third-order valence-electron chi connectivity index (χ3n) is 5.65. The van der Waals surface area contributed by atoms with E-state index in [1.54, 1.807) is 30.3 Å². The second kappa shape index (κ2) is 10.7. The van der Waals surface area contributed by atoms with Crippen molar-refractivity contribution in [1.29, 1.82) is 0 Å². The van der Waals surface area contributed by atoms with Gasteiger partial charge in [0.25, 0.3) is 5.56 Å². The second-order valence-corrected chi connectivity index (χ2v) is 9.75. The monoisotopic (exact) mass is 523 g/mol. The van der Waals surface area contributed by atoms with Crippen LogP contribution in [0.15, 0.2) is 47.5 Å². The maximum atomic E-state index is 13.0. The van der Waals surface area contributed by atoms with E-state index in [4.69, 9.17) is 23.2 Å². The van der Waals surface area contributed by atoms with Crippen molar-refractivity contribution in [1.82, 2.24) is 19.8 Å². The molecule has 34 heavy (non-hydrogen) atoms. The Kier molecular flexibility index (Phi) is 7.72. The largest absolute Gasteiger partial charge is 0.369 e. The van der Waals surface area contributed by atoms with E-state index in [2.05, 4.69) is 15.2 Å². The zero-order valence-corrected chi connectivity index (χ0v) is 20.5. The van der Waals surface area contributed by atoms with E-state index < -0.39 is 10.7 Å². The number of halogens is 2. The minimum Gasteiger partial charge on any atom is -0.369 e. The van der Waals surface area contributed by atoms with Gasteiger partial charge in [-0.3, -0.25) is 19.1 Å². The summed E-state index contributed by atoms with van der Waals surface area (Å²) >= 11 is 11.9. The summed E-state index contributed by atoms with van der Waals surface area (Å²) in [6.45, 7) is 2.64. The van der Waals surface area contributed by atoms with Crippen molar-refractivity contribution in [2.24, 2.45) is 0 Å². The Labute approximate surface area is 207 Å². The highest BCUT2D eigenvalue weighted by Crippen LogP contribution is 2.22. The van der Waals surface area contributed by atoms with Gasteiger partial charge in [0.15, 0.2) is 10.7 Å². The summed E-state index contributed by atoms with van der Waals surface area (Å²) in [7, 11) is -2.44. The zero-order chi connectivity index (χ0) is 24.2. The maximum Gasteiger partial charge on any atom is 0.261 e. The van der Waals surface area contributed by atoms with Gasteiger partial charge in [-0.05, 0) is 35.9 Å². The first kappa shape index (κ1) is 24.5. The first-order valence-corrected chi connectivity index (χ1v) is 12.7. The third kappa shape index (κ3) is 5.87. The zero-order valence-electron chi connectivity index (χ0n) is 18.1. The number of nitrogens with one attached hydrogen (secondary N) is 1. The molecule has 0 unspecified atom stereocenters. The van der Waals surface area contributed by atoms with E-state index in [1.807, 2.05) is 11.0 Å². The van der Waals surface area contributed by atoms with Crippen molar-refractivity contribution in [3.63, 3.8) is 0 Å². The van der Waals surface area contributed by atoms with Crippen LogP contribution < -0.4 is 15.8 Å². The molecule has 1 aromatic heterocycles. The van der Waals surface area contributed by atoms with Crippen molar-refractivity contribution in [3.05, 3.63) is 68.7 Å². The predicted molar refractivity (Wildman–Crippen MR) is 133 cm³/mol. The van der Waals surface area contributed by atoms with E-state index in [-0.39, 0.29) is 30.4 Å². The summed E-state index contributed by atoms with van der Waals surface area (Å²) < 4.78 is 23.2. The van der Waals surface area contributed by atoms with Crippen LogP contribution in [0.5, 0.6) is 0 Å². The lowest BCUT2D eigenvalue weighted by molar-refractivity contribution is -0.121. The number of nitrogens with zero attached hydrogens (tertiary/aromatic N) is 4. The Morgan fingerprint density at radius 3 is 2.50 bits per heavy atom. The van der Waals surface area contributed by atoms with Gasteiger partial charge in [0.05, 0.1) is 33.2 Å². The van der Waals surface area contributed by atoms with Gasteiger partial charge in [0, 0.05) is 38.4 Å². The lowest BCUT2D eigenvalue weighted by Crippen LogP contribution is -2.46. The number of aromatic nitrogens is 2. The quantitative estimate of drug-likeness (QED) is 0.454. The van der Waals surface area contributed by atoms with Gasteiger partial charge < -0.3 is 10.2 Å². The fraction of sp³-hybridized carbons (Fsp3) is 0.318. The maximum absolute atomic E-state index is 13.0. The number of hydrogen-bond donors (Lipinski definition) is 2. The number of hydrogen-bond acceptors (Lipinski definition) is 7. The highest BCUT2D eigenvalue weighted by molar-refractivity contribution is 7.72. The van der Waals surface area contributed by atoms with Crippen LogP contribution in [0, 0.1) is 0 Å². The SMILES string of the molecule is O=C(Cn1cnc2ccc(N3CCN(C[SH](=O)=O)CC3)cc2c1=O)NCc1ccc(Cl)c(Cl)c1. The van der Waals surface area contributed by atoms with Gasteiger partial charge in [-0.2, -0.15) is 0 Å². The van der Waals surface area contributed by atoms with Crippen molar-refractivity contribution in [3.8, 4) is 0 Å².